The van der Waals surface area contributed by atoms with Crippen molar-refractivity contribution < 1.29 is 9.18 Å². The molecule has 0 unspecified atom stereocenters. The van der Waals surface area contributed by atoms with Gasteiger partial charge in [0, 0.05) is 30.0 Å². The van der Waals surface area contributed by atoms with Crippen molar-refractivity contribution in [2.24, 2.45) is 0 Å². The van der Waals surface area contributed by atoms with Crippen LogP contribution in [0.15, 0.2) is 23.6 Å². The Hall–Kier alpha value is -2.32. The zero-order chi connectivity index (χ0) is 19.4. The lowest BCUT2D eigenvalue weighted by molar-refractivity contribution is 0.0638. The van der Waals surface area contributed by atoms with E-state index >= 15 is 0 Å². The van der Waals surface area contributed by atoms with Gasteiger partial charge in [0.1, 0.15) is 5.82 Å². The second-order valence-corrected chi connectivity index (χ2v) is 8.45. The molecule has 0 bridgehead atoms. The number of fused-ring (bicyclic) bond motifs is 1. The van der Waals surface area contributed by atoms with E-state index in [1.54, 1.807) is 16.2 Å². The van der Waals surface area contributed by atoms with Crippen molar-refractivity contribution in [3.63, 3.8) is 0 Å². The molecule has 1 aromatic carbocycles. The molecule has 5 rings (SSSR count). The van der Waals surface area contributed by atoms with E-state index in [-0.39, 0.29) is 17.0 Å². The van der Waals surface area contributed by atoms with Crippen LogP contribution in [0, 0.1) is 5.82 Å². The van der Waals surface area contributed by atoms with Crippen molar-refractivity contribution in [3.8, 4) is 10.8 Å². The van der Waals surface area contributed by atoms with Crippen LogP contribution >= 0.6 is 22.9 Å². The lowest BCUT2D eigenvalue weighted by Gasteiger charge is -2.33. The van der Waals surface area contributed by atoms with Crippen LogP contribution in [-0.4, -0.2) is 37.1 Å². The van der Waals surface area contributed by atoms with E-state index in [9.17, 15) is 9.18 Å². The van der Waals surface area contributed by atoms with E-state index < -0.39 is 5.82 Å². The predicted molar refractivity (Wildman–Crippen MR) is 104 cm³/mol. The van der Waals surface area contributed by atoms with Gasteiger partial charge in [-0.25, -0.2) is 9.37 Å². The van der Waals surface area contributed by atoms with Gasteiger partial charge in [-0.1, -0.05) is 11.6 Å². The summed E-state index contributed by atoms with van der Waals surface area (Å²) in [5.74, 6) is 1.35. The molecule has 3 aromatic rings. The van der Waals surface area contributed by atoms with Gasteiger partial charge in [0.05, 0.1) is 16.8 Å². The Morgan fingerprint density at radius 1 is 1.29 bits per heavy atom. The van der Waals surface area contributed by atoms with Gasteiger partial charge >= 0.3 is 0 Å². The molecule has 28 heavy (non-hydrogen) atoms. The largest absolute Gasteiger partial charge is 0.327 e. The minimum Gasteiger partial charge on any atom is -0.327 e. The molecule has 3 heterocycles. The zero-order valence-electron chi connectivity index (χ0n) is 15.1. The summed E-state index contributed by atoms with van der Waals surface area (Å²) in [7, 11) is 0. The van der Waals surface area contributed by atoms with Gasteiger partial charge in [-0.15, -0.1) is 21.5 Å². The minimum atomic E-state index is -0.539. The number of hydrogen-bond acceptors (Lipinski definition) is 5. The number of thiazole rings is 1. The zero-order valence-corrected chi connectivity index (χ0v) is 16.7. The summed E-state index contributed by atoms with van der Waals surface area (Å²) >= 11 is 7.43. The Morgan fingerprint density at radius 2 is 2.11 bits per heavy atom. The third-order valence-electron chi connectivity index (χ3n) is 5.32. The first-order valence-electron chi connectivity index (χ1n) is 9.18. The van der Waals surface area contributed by atoms with Crippen LogP contribution in [0.2, 0.25) is 5.02 Å². The third-order valence-corrected chi connectivity index (χ3v) is 6.47. The van der Waals surface area contributed by atoms with E-state index in [1.165, 1.54) is 31.0 Å². The first-order chi connectivity index (χ1) is 13.5. The number of carbonyl (C=O) groups excluding carboxylic acids is 1. The Bertz CT molecular complexity index is 1080. The van der Waals surface area contributed by atoms with Crippen molar-refractivity contribution >= 4 is 28.8 Å². The SMILES string of the molecule is C[C@@H]1c2nnc(-c3nc(C4CC4)cs3)n2CCN1C(=O)c1ccc(F)c(Cl)c1. The molecule has 6 nitrogen and oxygen atoms in total. The molecule has 9 heteroatoms. The highest BCUT2D eigenvalue weighted by Gasteiger charge is 2.33. The normalized spacial score (nSPS) is 19.0. The number of carbonyl (C=O) groups is 1. The van der Waals surface area contributed by atoms with Crippen LogP contribution in [0.1, 0.15) is 53.6 Å². The van der Waals surface area contributed by atoms with Crippen LogP contribution in [0.5, 0.6) is 0 Å². The molecule has 0 spiro atoms. The molecule has 1 fully saturated rings. The van der Waals surface area contributed by atoms with Gasteiger partial charge in [0.25, 0.3) is 5.91 Å². The van der Waals surface area contributed by atoms with Gasteiger partial charge in [-0.3, -0.25) is 4.79 Å². The lowest BCUT2D eigenvalue weighted by Crippen LogP contribution is -2.41. The molecule has 1 saturated carbocycles. The highest BCUT2D eigenvalue weighted by Crippen LogP contribution is 2.41. The summed E-state index contributed by atoms with van der Waals surface area (Å²) in [6.45, 7) is 3.01. The van der Waals surface area contributed by atoms with E-state index in [0.29, 0.717) is 24.6 Å². The summed E-state index contributed by atoms with van der Waals surface area (Å²) in [4.78, 5) is 19.4. The molecule has 0 N–H and O–H groups in total. The number of rotatable bonds is 3. The molecule has 1 amide bonds. The smallest absolute Gasteiger partial charge is 0.254 e. The van der Waals surface area contributed by atoms with E-state index in [1.807, 2.05) is 11.5 Å². The summed E-state index contributed by atoms with van der Waals surface area (Å²) in [6, 6.07) is 3.78. The van der Waals surface area contributed by atoms with Crippen LogP contribution in [-0.2, 0) is 6.54 Å². The third kappa shape index (κ3) is 2.91. The second-order valence-electron chi connectivity index (χ2n) is 7.19. The number of amides is 1. The highest BCUT2D eigenvalue weighted by atomic mass is 35.5. The van der Waals surface area contributed by atoms with E-state index in [4.69, 9.17) is 16.6 Å². The first-order valence-corrected chi connectivity index (χ1v) is 10.4. The number of benzene rings is 1. The minimum absolute atomic E-state index is 0.0591. The van der Waals surface area contributed by atoms with Crippen molar-refractivity contribution in [1.82, 2.24) is 24.6 Å². The van der Waals surface area contributed by atoms with Crippen LogP contribution in [0.3, 0.4) is 0 Å². The van der Waals surface area contributed by atoms with Gasteiger partial charge in [0.15, 0.2) is 16.7 Å². The van der Waals surface area contributed by atoms with E-state index in [0.717, 1.165) is 22.4 Å². The first kappa shape index (κ1) is 17.8. The van der Waals surface area contributed by atoms with Crippen molar-refractivity contribution in [3.05, 3.63) is 51.5 Å². The molecule has 2 aliphatic rings. The molecule has 0 radical (unpaired) electrons. The monoisotopic (exact) mass is 417 g/mol. The maximum absolute atomic E-state index is 13.4. The fraction of sp³-hybridized carbons (Fsp3) is 0.368. The summed E-state index contributed by atoms with van der Waals surface area (Å²) in [5, 5.41) is 11.6. The fourth-order valence-electron chi connectivity index (χ4n) is 3.57. The molecular weight excluding hydrogens is 401 g/mol. The van der Waals surface area contributed by atoms with Gasteiger partial charge in [-0.05, 0) is 38.0 Å². The van der Waals surface area contributed by atoms with Crippen molar-refractivity contribution in [2.75, 3.05) is 6.54 Å². The van der Waals surface area contributed by atoms with Crippen LogP contribution < -0.4 is 0 Å². The van der Waals surface area contributed by atoms with Gasteiger partial charge < -0.3 is 9.47 Å². The Labute approximate surface area is 170 Å². The summed E-state index contributed by atoms with van der Waals surface area (Å²) < 4.78 is 15.5. The topological polar surface area (TPSA) is 63.9 Å². The summed E-state index contributed by atoms with van der Waals surface area (Å²) in [5.41, 5.74) is 1.51. The summed E-state index contributed by atoms with van der Waals surface area (Å²) in [6.07, 6.45) is 2.42. The molecular formula is C19H17ClFN5OS. The average Bonchev–Trinajstić information content (AvgIpc) is 3.25. The fourth-order valence-corrected chi connectivity index (χ4v) is 4.64. The predicted octanol–water partition coefficient (Wildman–Crippen LogP) is 4.29. The van der Waals surface area contributed by atoms with Crippen LogP contribution in [0.4, 0.5) is 4.39 Å². The highest BCUT2D eigenvalue weighted by molar-refractivity contribution is 7.13. The van der Waals surface area contributed by atoms with Gasteiger partial charge in [-0.2, -0.15) is 0 Å². The van der Waals surface area contributed by atoms with Gasteiger partial charge in [0.2, 0.25) is 0 Å². The maximum atomic E-state index is 13.4. The second kappa shape index (κ2) is 6.63. The lowest BCUT2D eigenvalue weighted by atomic mass is 10.1. The quantitative estimate of drug-likeness (QED) is 0.637. The molecule has 1 aliphatic heterocycles. The molecule has 1 atom stereocenters. The molecule has 144 valence electrons. The number of nitrogens with zero attached hydrogens (tertiary/aromatic N) is 5. The molecule has 2 aromatic heterocycles. The molecule has 1 aliphatic carbocycles. The maximum Gasteiger partial charge on any atom is 0.254 e. The Balaban J connectivity index is 1.42. The Morgan fingerprint density at radius 3 is 2.86 bits per heavy atom. The number of halogens is 2. The number of aromatic nitrogens is 4. The number of hydrogen-bond donors (Lipinski definition) is 0. The van der Waals surface area contributed by atoms with Crippen molar-refractivity contribution in [2.45, 2.75) is 38.3 Å². The average molecular weight is 418 g/mol. The van der Waals surface area contributed by atoms with Crippen molar-refractivity contribution in [1.29, 1.82) is 0 Å². The van der Waals surface area contributed by atoms with E-state index in [2.05, 4.69) is 15.6 Å². The molecule has 0 saturated heterocycles. The Kier molecular flexibility index (Phi) is 4.21. The standard InChI is InChI=1S/C19H17ClFN5OS/c1-10-16-23-24-17(18-22-15(9-28-18)11-2-3-11)26(16)7-6-25(10)19(27)12-4-5-14(21)13(20)8-12/h4-5,8-11H,2-3,6-7H2,1H3/t10-/m1/s1. The van der Waals surface area contributed by atoms with Crippen LogP contribution in [0.25, 0.3) is 10.8 Å².